The Morgan fingerprint density at radius 2 is 0.862 bits per heavy atom. The molecule has 0 radical (unpaired) electrons. The maximum atomic E-state index is 7.50. The van der Waals surface area contributed by atoms with Crippen molar-refractivity contribution in [2.24, 2.45) is 0 Å². The van der Waals surface area contributed by atoms with E-state index in [1.165, 1.54) is 51.5 Å². The summed E-state index contributed by atoms with van der Waals surface area (Å²) >= 11 is 1.32. The minimum absolute atomic E-state index is 0. The summed E-state index contributed by atoms with van der Waals surface area (Å²) in [7, 11) is 3.86. The first-order chi connectivity index (χ1) is 13.7. The molecule has 1 aliphatic carbocycles. The zero-order valence-corrected chi connectivity index (χ0v) is 19.6. The quantitative estimate of drug-likeness (QED) is 0.189. The maximum absolute atomic E-state index is 7.50. The molecule has 10 heteroatoms. The molecule has 152 valence electrons. The molecule has 1 fully saturated rings. The van der Waals surface area contributed by atoms with Gasteiger partial charge in [-0.1, -0.05) is 32.1 Å². The molecule has 0 atom stereocenters. The van der Waals surface area contributed by atoms with E-state index in [1.807, 2.05) is 24.9 Å². The van der Waals surface area contributed by atoms with Crippen LogP contribution in [0.2, 0.25) is 0 Å². The van der Waals surface area contributed by atoms with Gasteiger partial charge in [0.2, 0.25) is 0 Å². The third kappa shape index (κ3) is 121. The fourth-order valence-electron chi connectivity index (χ4n) is 1.08. The van der Waals surface area contributed by atoms with Crippen LogP contribution in [0.15, 0.2) is 0 Å². The Kier molecular flexibility index (Phi) is 216. The molecule has 0 amide bonds. The second kappa shape index (κ2) is 111. The molecule has 1 saturated carbocycles. The summed E-state index contributed by atoms with van der Waals surface area (Å²) in [5.74, 6) is 7.21. The van der Waals surface area contributed by atoms with Crippen molar-refractivity contribution in [1.29, 1.82) is 0 Å². The number of hydrogen-bond donors (Lipinski definition) is 0. The van der Waals surface area contributed by atoms with Gasteiger partial charge in [0, 0.05) is 0 Å². The molecule has 1 rings (SSSR count). The minimum atomic E-state index is 0. The maximum Gasteiger partial charge on any atom is 2.00 e. The molecular formula is C19H16FeNO7W+. The Balaban J connectivity index is -0.0000000248. The van der Waals surface area contributed by atoms with Crippen LogP contribution in [0.3, 0.4) is 0 Å². The van der Waals surface area contributed by atoms with Gasteiger partial charge in [0.05, 0.1) is 0 Å². The number of rotatable bonds is 1. The van der Waals surface area contributed by atoms with Gasteiger partial charge in [-0.05, 0) is 0 Å². The van der Waals surface area contributed by atoms with E-state index in [2.05, 4.69) is 58.4 Å². The van der Waals surface area contributed by atoms with Crippen LogP contribution in [0.4, 0.5) is 0 Å². The third-order valence-electron chi connectivity index (χ3n) is 1.89. The molecular weight excluding hydrogens is 594 g/mol. The van der Waals surface area contributed by atoms with Gasteiger partial charge in [0.1, 0.15) is 0 Å². The van der Waals surface area contributed by atoms with Gasteiger partial charge in [-0.2, -0.15) is 0 Å². The average Bonchev–Trinajstić information content (AvgIpc) is 3.42. The Hall–Kier alpha value is -1.66. The van der Waals surface area contributed by atoms with Crippen molar-refractivity contribution < 1.29 is 69.0 Å². The van der Waals surface area contributed by atoms with Gasteiger partial charge in [-0.15, -0.1) is 0 Å². The van der Waals surface area contributed by atoms with Gasteiger partial charge in [0.25, 0.3) is 0 Å². The first-order valence-electron chi connectivity index (χ1n) is 6.25. The Morgan fingerprint density at radius 3 is 1.00 bits per heavy atom. The zero-order chi connectivity index (χ0) is 24.8. The summed E-state index contributed by atoms with van der Waals surface area (Å²) in [6.45, 7) is 31.5. The molecule has 8 nitrogen and oxygen atoms in total. The van der Waals surface area contributed by atoms with Crippen LogP contribution in [-0.4, -0.2) is 23.0 Å². The van der Waals surface area contributed by atoms with Gasteiger partial charge >= 0.3 is 163 Å². The summed E-state index contributed by atoms with van der Waals surface area (Å²) in [6, 6.07) is 0. The largest absolute Gasteiger partial charge is 2.00 e. The van der Waals surface area contributed by atoms with E-state index in [0.29, 0.717) is 0 Å². The Labute approximate surface area is 194 Å². The van der Waals surface area contributed by atoms with Crippen LogP contribution < -0.4 is 0 Å². The zero-order valence-electron chi connectivity index (χ0n) is 15.6. The predicted octanol–water partition coefficient (Wildman–Crippen LogP) is 1.50. The van der Waals surface area contributed by atoms with E-state index >= 15 is 0 Å². The van der Waals surface area contributed by atoms with Crippen molar-refractivity contribution in [1.82, 2.24) is 4.90 Å². The van der Waals surface area contributed by atoms with Gasteiger partial charge in [-0.3, -0.25) is 0 Å². The van der Waals surface area contributed by atoms with Crippen molar-refractivity contribution in [2.45, 2.75) is 32.1 Å². The number of hydrogen-bond acceptors (Lipinski definition) is 1. The molecule has 0 unspecified atom stereocenters. The monoisotopic (exact) mass is 610 g/mol. The second-order valence-corrected chi connectivity index (χ2v) is 4.73. The predicted molar refractivity (Wildman–Crippen MR) is 84.2 cm³/mol. The van der Waals surface area contributed by atoms with E-state index in [1.54, 1.807) is 0 Å². The summed E-state index contributed by atoms with van der Waals surface area (Å²) in [5, 5.41) is 0. The number of nitrogens with zero attached hydrogens (tertiary/aromatic N) is 1. The molecule has 0 aliphatic heterocycles. The summed E-state index contributed by atoms with van der Waals surface area (Å²) in [5.41, 5.74) is 0. The standard InChI is InChI=1S/C7H6N.C5H10.7CO.Fe.W/c1-4-5-6-7-8(2)3;1-2-4-5-3-1;7*1-2;;/h2-3H3;1-5H2;;;;;;;;;/q-1;;;;;;;;;+2;. The second-order valence-electron chi connectivity index (χ2n) is 3.34. The fraction of sp³-hybridized carbons (Fsp3) is 0.368. The van der Waals surface area contributed by atoms with Crippen molar-refractivity contribution in [3.8, 4) is 17.8 Å². The van der Waals surface area contributed by atoms with Gasteiger partial charge in [-0.25, -0.2) is 0 Å². The first kappa shape index (κ1) is 56.4. The first-order valence-corrected chi connectivity index (χ1v) is 7.72. The molecule has 0 aromatic heterocycles. The SMILES string of the molecule is C1CCCC1.[C-]#CC#C[C](=[W])N(C)C.[C-]#[O+].[C-]#[O+].[C-]#[O+].[C-]#[O+].[C-]#[O+].[C-]#[O+].[C-]#[O+].[Fe+2]. The molecule has 0 aromatic rings. The molecule has 1 aliphatic rings. The summed E-state index contributed by atoms with van der Waals surface area (Å²) < 4.78 is 53.5. The molecule has 29 heavy (non-hydrogen) atoms. The van der Waals surface area contributed by atoms with Gasteiger partial charge in [0.15, 0.2) is 0 Å². The van der Waals surface area contributed by atoms with Crippen LogP contribution >= 0.6 is 0 Å². The molecule has 0 saturated heterocycles. The summed E-state index contributed by atoms with van der Waals surface area (Å²) in [4.78, 5) is 1.93. The van der Waals surface area contributed by atoms with E-state index < -0.39 is 0 Å². The van der Waals surface area contributed by atoms with E-state index in [-0.39, 0.29) is 17.1 Å². The third-order valence-corrected chi connectivity index (χ3v) is 3.57. The van der Waals surface area contributed by atoms with Crippen LogP contribution in [0.5, 0.6) is 0 Å². The van der Waals surface area contributed by atoms with Crippen LogP contribution in [-0.2, 0) is 69.0 Å². The van der Waals surface area contributed by atoms with E-state index in [4.69, 9.17) is 39.0 Å². The molecule has 0 bridgehead atoms. The van der Waals surface area contributed by atoms with Crippen molar-refractivity contribution >= 4 is 4.02 Å². The van der Waals surface area contributed by atoms with E-state index in [0.717, 1.165) is 4.02 Å². The smallest absolute Gasteiger partial charge is 2.00 e. The molecule has 0 heterocycles. The topological polar surface area (TPSA) is 143 Å². The Morgan fingerprint density at radius 1 is 0.655 bits per heavy atom. The average molecular weight is 610 g/mol. The molecule has 0 spiro atoms. The molecule has 0 aromatic carbocycles. The van der Waals surface area contributed by atoms with Gasteiger partial charge < -0.3 is 0 Å². The normalized spacial score (nSPS) is 6.90. The minimum Gasteiger partial charge on any atom is 2.00 e. The van der Waals surface area contributed by atoms with Crippen LogP contribution in [0.25, 0.3) is 0 Å². The van der Waals surface area contributed by atoms with Crippen molar-refractivity contribution in [3.05, 3.63) is 53.0 Å². The van der Waals surface area contributed by atoms with Crippen molar-refractivity contribution in [2.75, 3.05) is 14.1 Å². The Bertz CT molecular complexity index is 471. The summed E-state index contributed by atoms with van der Waals surface area (Å²) in [6.07, 6.45) is 14.0. The van der Waals surface area contributed by atoms with Crippen molar-refractivity contribution in [3.63, 3.8) is 0 Å². The van der Waals surface area contributed by atoms with Crippen LogP contribution in [0.1, 0.15) is 32.1 Å². The molecule has 0 N–H and O–H groups in total. The fourth-order valence-corrected chi connectivity index (χ4v) is 1.26. The van der Waals surface area contributed by atoms with Crippen LogP contribution in [0, 0.1) is 70.7 Å². The van der Waals surface area contributed by atoms with E-state index in [9.17, 15) is 0 Å².